The van der Waals surface area contributed by atoms with Gasteiger partial charge in [0.1, 0.15) is 5.75 Å². The van der Waals surface area contributed by atoms with Crippen LogP contribution in [0.4, 0.5) is 13.2 Å². The Morgan fingerprint density at radius 2 is 1.67 bits per heavy atom. The Morgan fingerprint density at radius 3 is 2.31 bits per heavy atom. The van der Waals surface area contributed by atoms with E-state index in [4.69, 9.17) is 9.47 Å². The van der Waals surface area contributed by atoms with Gasteiger partial charge in [-0.2, -0.15) is 0 Å². The fourth-order valence-corrected chi connectivity index (χ4v) is 4.72. The quantitative estimate of drug-likeness (QED) is 0.246. The summed E-state index contributed by atoms with van der Waals surface area (Å²) in [5.74, 6) is -3.29. The molecule has 0 bridgehead atoms. The maximum Gasteiger partial charge on any atom is 0.314 e. The summed E-state index contributed by atoms with van der Waals surface area (Å²) in [5, 5.41) is 0. The summed E-state index contributed by atoms with van der Waals surface area (Å²) in [6, 6.07) is 14.6. The van der Waals surface area contributed by atoms with E-state index >= 15 is 8.78 Å². The average Bonchev–Trinajstić information content (AvgIpc) is 2.88. The maximum atomic E-state index is 15.1. The fraction of sp³-hybridized carbons (Fsp3) is 0.300. The number of hydrogen-bond donors (Lipinski definition) is 0. The van der Waals surface area contributed by atoms with E-state index < -0.39 is 29.3 Å². The molecular formula is C30H29F3O3. The minimum absolute atomic E-state index is 0.145. The molecule has 0 radical (unpaired) electrons. The second-order valence-electron chi connectivity index (χ2n) is 8.95. The number of halogens is 3. The van der Waals surface area contributed by atoms with Crippen molar-refractivity contribution in [3.8, 4) is 22.6 Å². The Morgan fingerprint density at radius 1 is 0.944 bits per heavy atom. The number of esters is 1. The molecule has 188 valence electrons. The van der Waals surface area contributed by atoms with Crippen molar-refractivity contribution < 1.29 is 27.4 Å². The molecule has 6 heteroatoms. The zero-order valence-corrected chi connectivity index (χ0v) is 20.4. The Labute approximate surface area is 209 Å². The molecule has 0 aliphatic heterocycles. The second-order valence-corrected chi connectivity index (χ2v) is 8.95. The molecular weight excluding hydrogens is 465 g/mol. The Hall–Kier alpha value is -3.54. The van der Waals surface area contributed by atoms with Gasteiger partial charge >= 0.3 is 5.97 Å². The van der Waals surface area contributed by atoms with Crippen molar-refractivity contribution in [3.63, 3.8) is 0 Å². The summed E-state index contributed by atoms with van der Waals surface area (Å²) in [5.41, 5.74) is 2.14. The van der Waals surface area contributed by atoms with Gasteiger partial charge in [-0.1, -0.05) is 48.6 Å². The van der Waals surface area contributed by atoms with E-state index in [1.54, 1.807) is 37.3 Å². The highest BCUT2D eigenvalue weighted by Crippen LogP contribution is 2.39. The van der Waals surface area contributed by atoms with Crippen LogP contribution in [0.5, 0.6) is 11.5 Å². The predicted octanol–water partition coefficient (Wildman–Crippen LogP) is 8.08. The molecule has 1 aliphatic carbocycles. The van der Waals surface area contributed by atoms with Crippen molar-refractivity contribution in [1.82, 2.24) is 0 Å². The van der Waals surface area contributed by atoms with E-state index in [1.807, 2.05) is 31.2 Å². The number of carbonyl (C=O) groups is 1. The molecule has 0 unspecified atom stereocenters. The zero-order valence-electron chi connectivity index (χ0n) is 20.4. The van der Waals surface area contributed by atoms with Gasteiger partial charge in [0.05, 0.1) is 12.5 Å². The van der Waals surface area contributed by atoms with Crippen LogP contribution in [0.1, 0.15) is 56.6 Å². The molecule has 0 amide bonds. The number of allylic oxidation sites excluding steroid dienone is 1. The third-order valence-corrected chi connectivity index (χ3v) is 6.62. The van der Waals surface area contributed by atoms with Crippen LogP contribution in [0.25, 0.3) is 17.2 Å². The molecule has 36 heavy (non-hydrogen) atoms. The van der Waals surface area contributed by atoms with Crippen LogP contribution < -0.4 is 9.47 Å². The Bertz CT molecular complexity index is 1240. The van der Waals surface area contributed by atoms with Gasteiger partial charge in [-0.3, -0.25) is 4.79 Å². The Balaban J connectivity index is 1.40. The van der Waals surface area contributed by atoms with Crippen LogP contribution in [0.3, 0.4) is 0 Å². The number of rotatable bonds is 7. The molecule has 0 aromatic heterocycles. The summed E-state index contributed by atoms with van der Waals surface area (Å²) in [7, 11) is 0. The van der Waals surface area contributed by atoms with Gasteiger partial charge in [-0.25, -0.2) is 13.2 Å². The summed E-state index contributed by atoms with van der Waals surface area (Å²) in [4.78, 5) is 12.6. The first-order valence-electron chi connectivity index (χ1n) is 12.3. The third-order valence-electron chi connectivity index (χ3n) is 6.62. The van der Waals surface area contributed by atoms with Crippen LogP contribution in [0.2, 0.25) is 0 Å². The SMILES string of the molecule is C/C=C/c1ccc(-c2ccc(C3CCC(C(=O)Oc4ccc(OCC)cc4F)CC3)c(F)c2F)cc1. The van der Waals surface area contributed by atoms with Crippen LogP contribution in [-0.4, -0.2) is 12.6 Å². The highest BCUT2D eigenvalue weighted by molar-refractivity contribution is 5.75. The van der Waals surface area contributed by atoms with Crippen molar-refractivity contribution in [1.29, 1.82) is 0 Å². The van der Waals surface area contributed by atoms with E-state index in [-0.39, 0.29) is 17.2 Å². The lowest BCUT2D eigenvalue weighted by Crippen LogP contribution is -2.25. The molecule has 0 N–H and O–H groups in total. The summed E-state index contributed by atoms with van der Waals surface area (Å²) < 4.78 is 54.8. The predicted molar refractivity (Wildman–Crippen MR) is 134 cm³/mol. The normalized spacial score (nSPS) is 17.8. The summed E-state index contributed by atoms with van der Waals surface area (Å²) >= 11 is 0. The van der Waals surface area contributed by atoms with E-state index in [2.05, 4.69) is 0 Å². The standard InChI is InChI=1S/C30H29F3O3/c1-3-5-19-6-8-20(9-7-19)24-15-16-25(29(33)28(24)32)21-10-12-22(13-11-21)30(34)36-27-17-14-23(35-4-2)18-26(27)31/h3,5-9,14-18,21-22H,4,10-13H2,1-2H3/b5-3+. The topological polar surface area (TPSA) is 35.5 Å². The first-order chi connectivity index (χ1) is 17.4. The minimum Gasteiger partial charge on any atom is -0.494 e. The van der Waals surface area contributed by atoms with Gasteiger partial charge in [0.15, 0.2) is 23.2 Å². The lowest BCUT2D eigenvalue weighted by atomic mass is 9.78. The molecule has 1 aliphatic rings. The van der Waals surface area contributed by atoms with Gasteiger partial charge in [0.2, 0.25) is 0 Å². The molecule has 0 spiro atoms. The monoisotopic (exact) mass is 494 g/mol. The van der Waals surface area contributed by atoms with Crippen molar-refractivity contribution >= 4 is 12.0 Å². The van der Waals surface area contributed by atoms with E-state index in [9.17, 15) is 9.18 Å². The number of ether oxygens (including phenoxy) is 2. The van der Waals surface area contributed by atoms with E-state index in [1.165, 1.54) is 12.1 Å². The zero-order chi connectivity index (χ0) is 25.7. The fourth-order valence-electron chi connectivity index (χ4n) is 4.72. The first kappa shape index (κ1) is 25.5. The lowest BCUT2D eigenvalue weighted by Gasteiger charge is -2.28. The number of hydrogen-bond acceptors (Lipinski definition) is 3. The van der Waals surface area contributed by atoms with Crippen molar-refractivity contribution in [3.05, 3.63) is 89.3 Å². The van der Waals surface area contributed by atoms with Gasteiger partial charge in [0, 0.05) is 11.6 Å². The second kappa shape index (κ2) is 11.5. The lowest BCUT2D eigenvalue weighted by molar-refractivity contribution is -0.140. The largest absolute Gasteiger partial charge is 0.494 e. The van der Waals surface area contributed by atoms with Gasteiger partial charge in [0.25, 0.3) is 0 Å². The van der Waals surface area contributed by atoms with Crippen molar-refractivity contribution in [2.24, 2.45) is 5.92 Å². The summed E-state index contributed by atoms with van der Waals surface area (Å²) in [6.07, 6.45) is 5.79. The highest BCUT2D eigenvalue weighted by Gasteiger charge is 2.31. The van der Waals surface area contributed by atoms with Crippen molar-refractivity contribution in [2.75, 3.05) is 6.61 Å². The molecule has 1 saturated carbocycles. The molecule has 3 aromatic carbocycles. The molecule has 3 aromatic rings. The maximum absolute atomic E-state index is 15.1. The van der Waals surface area contributed by atoms with Crippen LogP contribution >= 0.6 is 0 Å². The van der Waals surface area contributed by atoms with Crippen LogP contribution in [-0.2, 0) is 4.79 Å². The van der Waals surface area contributed by atoms with Gasteiger partial charge in [-0.05, 0) is 74.3 Å². The van der Waals surface area contributed by atoms with E-state index in [0.717, 1.165) is 5.56 Å². The Kier molecular flexibility index (Phi) is 8.14. The number of carbonyl (C=O) groups excluding carboxylic acids is 1. The highest BCUT2D eigenvalue weighted by atomic mass is 19.2. The third kappa shape index (κ3) is 5.64. The van der Waals surface area contributed by atoms with Crippen LogP contribution in [0.15, 0.2) is 60.7 Å². The molecule has 4 rings (SSSR count). The minimum atomic E-state index is -0.862. The molecule has 0 saturated heterocycles. The average molecular weight is 495 g/mol. The van der Waals surface area contributed by atoms with Crippen LogP contribution in [0, 0.1) is 23.4 Å². The number of benzene rings is 3. The molecule has 0 heterocycles. The molecule has 3 nitrogen and oxygen atoms in total. The van der Waals surface area contributed by atoms with Gasteiger partial charge < -0.3 is 9.47 Å². The first-order valence-corrected chi connectivity index (χ1v) is 12.3. The smallest absolute Gasteiger partial charge is 0.314 e. The van der Waals surface area contributed by atoms with Crippen molar-refractivity contribution in [2.45, 2.75) is 45.4 Å². The van der Waals surface area contributed by atoms with E-state index in [0.29, 0.717) is 49.2 Å². The molecule has 1 fully saturated rings. The summed E-state index contributed by atoms with van der Waals surface area (Å²) in [6.45, 7) is 4.11. The molecule has 0 atom stereocenters. The van der Waals surface area contributed by atoms with Gasteiger partial charge in [-0.15, -0.1) is 0 Å².